The number of hydrogen-bond acceptors (Lipinski definition) is 8. The second-order valence-electron chi connectivity index (χ2n) is 8.58. The van der Waals surface area contributed by atoms with E-state index >= 15 is 0 Å². The summed E-state index contributed by atoms with van der Waals surface area (Å²) in [6.45, 7) is 4.67. The summed E-state index contributed by atoms with van der Waals surface area (Å²) in [5, 5.41) is 13.3. The highest BCUT2D eigenvalue weighted by Crippen LogP contribution is 2.20. The number of nitrogens with one attached hydrogen (secondary N) is 1. The minimum atomic E-state index is -4.05. The molecular weight excluding hydrogens is 486 g/mol. The first kappa shape index (κ1) is 29.7. The number of sulfonamides is 1. The average Bonchev–Trinajstić information content (AvgIpc) is 3.38. The van der Waals surface area contributed by atoms with Crippen molar-refractivity contribution < 1.29 is 32.6 Å². The van der Waals surface area contributed by atoms with Crippen molar-refractivity contribution in [2.45, 2.75) is 55.9 Å². The van der Waals surface area contributed by atoms with Crippen LogP contribution in [0.15, 0.2) is 59.5 Å². The summed E-state index contributed by atoms with van der Waals surface area (Å²) in [7, 11) is -2.33. The van der Waals surface area contributed by atoms with Gasteiger partial charge in [0.1, 0.15) is 0 Å². The Labute approximate surface area is 213 Å². The van der Waals surface area contributed by atoms with Crippen molar-refractivity contribution in [1.29, 1.82) is 0 Å². The summed E-state index contributed by atoms with van der Waals surface area (Å²) in [5.74, 6) is 0. The molecule has 1 amide bonds. The third-order valence-electron chi connectivity index (χ3n) is 5.38. The van der Waals surface area contributed by atoms with Crippen molar-refractivity contribution >= 4 is 22.1 Å². The van der Waals surface area contributed by atoms with Crippen molar-refractivity contribution in [3.63, 3.8) is 0 Å². The number of anilines is 1. The summed E-state index contributed by atoms with van der Waals surface area (Å²) in [4.78, 5) is 16.5. The Balaban J connectivity index is 0.000000558. The number of aliphatic hydroxyl groups is 1. The summed E-state index contributed by atoms with van der Waals surface area (Å²) in [5.41, 5.74) is 6.95. The van der Waals surface area contributed by atoms with E-state index in [0.29, 0.717) is 24.6 Å². The molecule has 1 heterocycles. The van der Waals surface area contributed by atoms with Gasteiger partial charge in [0, 0.05) is 19.4 Å². The molecular formula is C25H37N3O7S. The van der Waals surface area contributed by atoms with Gasteiger partial charge in [-0.3, -0.25) is 9.63 Å². The highest BCUT2D eigenvalue weighted by molar-refractivity contribution is 7.89. The molecule has 4 N–H and O–H groups in total. The summed E-state index contributed by atoms with van der Waals surface area (Å²) >= 11 is 0. The van der Waals surface area contributed by atoms with Gasteiger partial charge in [-0.15, -0.1) is 0 Å². The monoisotopic (exact) mass is 523 g/mol. The molecule has 11 heteroatoms. The van der Waals surface area contributed by atoms with Gasteiger partial charge in [0.15, 0.2) is 0 Å². The van der Waals surface area contributed by atoms with E-state index in [1.54, 1.807) is 21.0 Å². The number of hydroxylamine groups is 1. The molecule has 1 saturated heterocycles. The number of nitrogen functional groups attached to an aromatic ring is 1. The average molecular weight is 524 g/mol. The van der Waals surface area contributed by atoms with Gasteiger partial charge in [0.05, 0.1) is 42.4 Å². The molecule has 3 unspecified atom stereocenters. The lowest BCUT2D eigenvalue weighted by Crippen LogP contribution is -2.49. The number of benzene rings is 2. The lowest BCUT2D eigenvalue weighted by Gasteiger charge is -2.29. The molecule has 10 nitrogen and oxygen atoms in total. The molecule has 0 aliphatic carbocycles. The van der Waals surface area contributed by atoms with Gasteiger partial charge in [-0.2, -0.15) is 0 Å². The fourth-order valence-electron chi connectivity index (χ4n) is 3.43. The predicted octanol–water partition coefficient (Wildman–Crippen LogP) is 1.74. The highest BCUT2D eigenvalue weighted by atomic mass is 32.2. The lowest BCUT2D eigenvalue weighted by atomic mass is 10.0. The topological polar surface area (TPSA) is 140 Å². The number of nitrogens with zero attached hydrogens (tertiary/aromatic N) is 1. The van der Waals surface area contributed by atoms with Crippen LogP contribution in [-0.2, 0) is 35.5 Å². The van der Waals surface area contributed by atoms with Crippen LogP contribution in [0.5, 0.6) is 0 Å². The van der Waals surface area contributed by atoms with E-state index in [2.05, 4.69) is 5.32 Å². The molecule has 1 aliphatic rings. The van der Waals surface area contributed by atoms with Crippen LogP contribution < -0.4 is 11.1 Å². The van der Waals surface area contributed by atoms with Crippen molar-refractivity contribution in [1.82, 2.24) is 9.79 Å². The quantitative estimate of drug-likeness (QED) is 0.217. The van der Waals surface area contributed by atoms with E-state index in [9.17, 15) is 18.3 Å². The number of ether oxygens (including phenoxy) is 2. The van der Waals surface area contributed by atoms with Gasteiger partial charge in [0.25, 0.3) is 10.0 Å². The molecule has 1 aliphatic heterocycles. The number of rotatable bonds is 12. The number of hydrogen-bond donors (Lipinski definition) is 3. The molecule has 2 aromatic carbocycles. The smallest absolute Gasteiger partial charge is 0.265 e. The first-order chi connectivity index (χ1) is 17.2. The van der Waals surface area contributed by atoms with E-state index < -0.39 is 28.3 Å². The van der Waals surface area contributed by atoms with Crippen LogP contribution in [0, 0.1) is 0 Å². The van der Waals surface area contributed by atoms with Crippen LogP contribution in [-0.4, -0.2) is 75.6 Å². The van der Waals surface area contributed by atoms with Crippen LogP contribution in [0.3, 0.4) is 0 Å². The third kappa shape index (κ3) is 9.49. The molecule has 1 fully saturated rings. The first-order valence-corrected chi connectivity index (χ1v) is 13.2. The Kier molecular flexibility index (Phi) is 12.3. The zero-order valence-corrected chi connectivity index (χ0v) is 21.8. The summed E-state index contributed by atoms with van der Waals surface area (Å²) in [6, 6.07) is 14.3. The van der Waals surface area contributed by atoms with Crippen molar-refractivity contribution in [2.75, 3.05) is 32.6 Å². The van der Waals surface area contributed by atoms with Crippen LogP contribution in [0.1, 0.15) is 25.8 Å². The Morgan fingerprint density at radius 2 is 1.86 bits per heavy atom. The van der Waals surface area contributed by atoms with Crippen LogP contribution in [0.25, 0.3) is 0 Å². The second kappa shape index (κ2) is 14.9. The van der Waals surface area contributed by atoms with E-state index in [0.717, 1.165) is 29.7 Å². The Morgan fingerprint density at radius 1 is 1.19 bits per heavy atom. The fourth-order valence-corrected chi connectivity index (χ4v) is 4.78. The highest BCUT2D eigenvalue weighted by Gasteiger charge is 2.31. The summed E-state index contributed by atoms with van der Waals surface area (Å²) < 4.78 is 36.8. The van der Waals surface area contributed by atoms with Crippen molar-refractivity contribution in [3.8, 4) is 0 Å². The standard InChI is InChI=1S/C20H27N3O5S.C5H10O2/c1-15(2)28-23(29(26,27)18-10-8-17(21)9-11-18)13-20(25)19(22-14-24)12-16-6-4-3-5-7-16;1-6-5-2-3-7-4-5/h3-11,14-15,19-20,25H,12-13,21H2,1-2H3,(H,22,24);5H,2-4H2,1H3. The van der Waals surface area contributed by atoms with E-state index in [4.69, 9.17) is 20.0 Å². The van der Waals surface area contributed by atoms with Crippen molar-refractivity contribution in [2.24, 2.45) is 0 Å². The molecule has 200 valence electrons. The van der Waals surface area contributed by atoms with Gasteiger partial charge in [-0.25, -0.2) is 8.42 Å². The van der Waals surface area contributed by atoms with Gasteiger partial charge < -0.3 is 25.6 Å². The normalized spacial score (nSPS) is 17.3. The number of carbonyl (C=O) groups is 1. The van der Waals surface area contributed by atoms with Crippen LogP contribution in [0.4, 0.5) is 5.69 Å². The number of methoxy groups -OCH3 is 1. The minimum Gasteiger partial charge on any atom is -0.399 e. The van der Waals surface area contributed by atoms with Gasteiger partial charge in [0.2, 0.25) is 6.41 Å². The molecule has 0 radical (unpaired) electrons. The third-order valence-corrected chi connectivity index (χ3v) is 7.02. The van der Waals surface area contributed by atoms with Crippen molar-refractivity contribution in [3.05, 3.63) is 60.2 Å². The van der Waals surface area contributed by atoms with Crippen LogP contribution in [0.2, 0.25) is 0 Å². The predicted molar refractivity (Wildman–Crippen MR) is 136 cm³/mol. The largest absolute Gasteiger partial charge is 0.399 e. The molecule has 0 aromatic heterocycles. The molecule has 36 heavy (non-hydrogen) atoms. The van der Waals surface area contributed by atoms with Gasteiger partial charge in [-0.05, 0) is 56.5 Å². The molecule has 0 bridgehead atoms. The number of amides is 1. The van der Waals surface area contributed by atoms with Crippen LogP contribution >= 0.6 is 0 Å². The lowest BCUT2D eigenvalue weighted by molar-refractivity contribution is -0.137. The number of aliphatic hydroxyl groups excluding tert-OH is 1. The Bertz CT molecular complexity index is 998. The van der Waals surface area contributed by atoms with Gasteiger partial charge >= 0.3 is 0 Å². The molecule has 0 spiro atoms. The Morgan fingerprint density at radius 3 is 2.36 bits per heavy atom. The number of nitrogens with two attached hydrogens (primary N) is 1. The van der Waals surface area contributed by atoms with E-state index in [-0.39, 0.29) is 11.4 Å². The molecule has 2 aromatic rings. The SMILES string of the molecule is CC(C)ON(CC(O)C(Cc1ccccc1)NC=O)S(=O)(=O)c1ccc(N)cc1.COC1CCOC1. The maximum Gasteiger partial charge on any atom is 0.265 e. The summed E-state index contributed by atoms with van der Waals surface area (Å²) in [6.07, 6.45) is 0.605. The number of carbonyl (C=O) groups excluding carboxylic acids is 1. The second-order valence-corrected chi connectivity index (χ2v) is 10.4. The zero-order chi connectivity index (χ0) is 26.6. The van der Waals surface area contributed by atoms with E-state index in [1.807, 2.05) is 30.3 Å². The van der Waals surface area contributed by atoms with Gasteiger partial charge in [-0.1, -0.05) is 34.8 Å². The molecule has 3 rings (SSSR count). The molecule has 3 atom stereocenters. The molecule has 0 saturated carbocycles. The zero-order valence-electron chi connectivity index (χ0n) is 20.9. The maximum atomic E-state index is 13.0. The maximum absolute atomic E-state index is 13.0. The van der Waals surface area contributed by atoms with E-state index in [1.165, 1.54) is 24.3 Å². The Hall–Kier alpha value is -2.54. The first-order valence-electron chi connectivity index (χ1n) is 11.7. The minimum absolute atomic E-state index is 0.0116. The fraction of sp³-hybridized carbons (Fsp3) is 0.480.